The van der Waals surface area contributed by atoms with Gasteiger partial charge in [-0.25, -0.2) is 0 Å². The summed E-state index contributed by atoms with van der Waals surface area (Å²) in [6.07, 6.45) is 4.31. The van der Waals surface area contributed by atoms with E-state index >= 15 is 0 Å². The van der Waals surface area contributed by atoms with Crippen LogP contribution >= 0.6 is 0 Å². The first kappa shape index (κ1) is 18.6. The molecule has 4 nitrogen and oxygen atoms in total. The Bertz CT molecular complexity index is 745. The molecule has 2 aromatic carbocycles. The normalized spacial score (nSPS) is 10.7. The molecular weight excluding hydrogens is 316 g/mol. The molecule has 0 unspecified atom stereocenters. The number of rotatable bonds is 8. The maximum absolute atomic E-state index is 12.3. The average molecular weight is 340 g/mol. The van der Waals surface area contributed by atoms with Crippen LogP contribution in [-0.2, 0) is 0 Å². The highest BCUT2D eigenvalue weighted by Gasteiger charge is 2.10. The van der Waals surface area contributed by atoms with Crippen LogP contribution in [0.15, 0.2) is 42.5 Å². The van der Waals surface area contributed by atoms with Crippen molar-refractivity contribution >= 4 is 11.9 Å². The van der Waals surface area contributed by atoms with Crippen LogP contribution in [0.3, 0.4) is 0 Å². The Hall–Kier alpha value is -2.75. The lowest BCUT2D eigenvalue weighted by atomic mass is 10.0. The van der Waals surface area contributed by atoms with Crippen LogP contribution in [0.5, 0.6) is 17.2 Å². The van der Waals surface area contributed by atoms with E-state index < -0.39 is 0 Å². The van der Waals surface area contributed by atoms with E-state index in [0.717, 1.165) is 23.3 Å². The van der Waals surface area contributed by atoms with Gasteiger partial charge in [-0.3, -0.25) is 4.79 Å². The molecule has 0 bridgehead atoms. The van der Waals surface area contributed by atoms with E-state index in [0.29, 0.717) is 23.7 Å². The summed E-state index contributed by atoms with van der Waals surface area (Å²) in [5.74, 6) is 2.06. The van der Waals surface area contributed by atoms with Gasteiger partial charge in [0, 0.05) is 11.1 Å². The molecule has 0 fully saturated rings. The van der Waals surface area contributed by atoms with E-state index in [2.05, 4.69) is 6.92 Å². The quantitative estimate of drug-likeness (QED) is 0.516. The monoisotopic (exact) mass is 340 g/mol. The second kappa shape index (κ2) is 8.92. The Balaban J connectivity index is 2.15. The number of hydrogen-bond acceptors (Lipinski definition) is 4. The van der Waals surface area contributed by atoms with Crippen LogP contribution < -0.4 is 14.2 Å². The lowest BCUT2D eigenvalue weighted by molar-refractivity contribution is 0.104. The third kappa shape index (κ3) is 4.63. The van der Waals surface area contributed by atoms with Crippen LogP contribution in [0.1, 0.15) is 34.8 Å². The summed E-state index contributed by atoms with van der Waals surface area (Å²) in [6.45, 7) is 4.66. The number of methoxy groups -OCH3 is 2. The Morgan fingerprint density at radius 2 is 1.76 bits per heavy atom. The molecule has 0 radical (unpaired) electrons. The summed E-state index contributed by atoms with van der Waals surface area (Å²) in [4.78, 5) is 12.3. The molecule has 0 aromatic heterocycles. The van der Waals surface area contributed by atoms with Crippen molar-refractivity contribution in [2.45, 2.75) is 20.3 Å². The number of carbonyl (C=O) groups is 1. The third-order valence-electron chi connectivity index (χ3n) is 3.86. The minimum absolute atomic E-state index is 0.0590. The first-order valence-electron chi connectivity index (χ1n) is 8.27. The zero-order valence-electron chi connectivity index (χ0n) is 15.2. The molecule has 25 heavy (non-hydrogen) atoms. The van der Waals surface area contributed by atoms with Gasteiger partial charge in [0.15, 0.2) is 17.3 Å². The van der Waals surface area contributed by atoms with Gasteiger partial charge in [-0.05, 0) is 55.3 Å². The van der Waals surface area contributed by atoms with Crippen molar-refractivity contribution < 1.29 is 19.0 Å². The maximum atomic E-state index is 12.3. The molecule has 0 saturated heterocycles. The van der Waals surface area contributed by atoms with E-state index in [-0.39, 0.29) is 5.78 Å². The van der Waals surface area contributed by atoms with E-state index in [4.69, 9.17) is 14.2 Å². The molecule has 0 aliphatic rings. The number of benzene rings is 2. The summed E-state index contributed by atoms with van der Waals surface area (Å²) >= 11 is 0. The molecule has 0 aliphatic carbocycles. The fourth-order valence-electron chi connectivity index (χ4n) is 2.47. The topological polar surface area (TPSA) is 44.8 Å². The maximum Gasteiger partial charge on any atom is 0.185 e. The van der Waals surface area contributed by atoms with Gasteiger partial charge in [0.2, 0.25) is 0 Å². The lowest BCUT2D eigenvalue weighted by Gasteiger charge is -2.12. The summed E-state index contributed by atoms with van der Waals surface area (Å²) in [7, 11) is 3.20. The van der Waals surface area contributed by atoms with Gasteiger partial charge < -0.3 is 14.2 Å². The van der Waals surface area contributed by atoms with Crippen LogP contribution in [0.2, 0.25) is 0 Å². The molecule has 0 spiro atoms. The third-order valence-corrected chi connectivity index (χ3v) is 3.86. The van der Waals surface area contributed by atoms with E-state index in [1.807, 2.05) is 31.2 Å². The fraction of sp³-hybridized carbons (Fsp3) is 0.286. The predicted molar refractivity (Wildman–Crippen MR) is 99.9 cm³/mol. The minimum Gasteiger partial charge on any atom is -0.494 e. The van der Waals surface area contributed by atoms with Gasteiger partial charge in [0.25, 0.3) is 0 Å². The van der Waals surface area contributed by atoms with Crippen LogP contribution in [-0.4, -0.2) is 26.6 Å². The van der Waals surface area contributed by atoms with Crippen molar-refractivity contribution in [2.75, 3.05) is 20.8 Å². The summed E-state index contributed by atoms with van der Waals surface area (Å²) in [5, 5.41) is 0. The first-order chi connectivity index (χ1) is 12.1. The smallest absolute Gasteiger partial charge is 0.185 e. The standard InChI is InChI=1S/C21H24O4/c1-5-14-25-18-10-6-17(7-11-18)19(22)12-8-16-9-13-20(23-3)21(24-4)15(16)2/h6-13H,5,14H2,1-4H3. The molecule has 0 N–H and O–H groups in total. The summed E-state index contributed by atoms with van der Waals surface area (Å²) in [5.41, 5.74) is 2.46. The predicted octanol–water partition coefficient (Wildman–Crippen LogP) is 4.70. The van der Waals surface area contributed by atoms with Gasteiger partial charge in [-0.1, -0.05) is 19.1 Å². The molecule has 2 rings (SSSR count). The highest BCUT2D eigenvalue weighted by molar-refractivity contribution is 6.07. The van der Waals surface area contributed by atoms with Gasteiger partial charge in [-0.2, -0.15) is 0 Å². The van der Waals surface area contributed by atoms with Crippen molar-refractivity contribution in [3.8, 4) is 17.2 Å². The zero-order valence-corrected chi connectivity index (χ0v) is 15.2. The van der Waals surface area contributed by atoms with Gasteiger partial charge >= 0.3 is 0 Å². The average Bonchev–Trinajstić information content (AvgIpc) is 2.65. The summed E-state index contributed by atoms with van der Waals surface area (Å²) in [6, 6.07) is 10.9. The highest BCUT2D eigenvalue weighted by atomic mass is 16.5. The van der Waals surface area contributed by atoms with Crippen LogP contribution in [0.25, 0.3) is 6.08 Å². The largest absolute Gasteiger partial charge is 0.494 e. The fourth-order valence-corrected chi connectivity index (χ4v) is 2.47. The molecule has 0 saturated carbocycles. The van der Waals surface area contributed by atoms with Crippen molar-refractivity contribution in [3.05, 3.63) is 59.2 Å². The summed E-state index contributed by atoms with van der Waals surface area (Å²) < 4.78 is 16.2. The van der Waals surface area contributed by atoms with Crippen LogP contribution in [0, 0.1) is 6.92 Å². The van der Waals surface area contributed by atoms with Crippen molar-refractivity contribution in [1.82, 2.24) is 0 Å². The number of carbonyl (C=O) groups excluding carboxylic acids is 1. The molecule has 132 valence electrons. The van der Waals surface area contributed by atoms with Crippen molar-refractivity contribution in [3.63, 3.8) is 0 Å². The number of ether oxygens (including phenoxy) is 3. The van der Waals surface area contributed by atoms with E-state index in [1.54, 1.807) is 38.5 Å². The molecular formula is C21H24O4. The van der Waals surface area contributed by atoms with E-state index in [9.17, 15) is 4.79 Å². The Kier molecular flexibility index (Phi) is 6.63. The second-order valence-electron chi connectivity index (χ2n) is 5.59. The SMILES string of the molecule is CCCOc1ccc(C(=O)C=Cc2ccc(OC)c(OC)c2C)cc1. The van der Waals surface area contributed by atoms with Crippen molar-refractivity contribution in [2.24, 2.45) is 0 Å². The Morgan fingerprint density at radius 1 is 1.04 bits per heavy atom. The second-order valence-corrected chi connectivity index (χ2v) is 5.59. The Labute approximate surface area is 149 Å². The van der Waals surface area contributed by atoms with Gasteiger partial charge in [0.05, 0.1) is 20.8 Å². The molecule has 0 aliphatic heterocycles. The number of ketones is 1. The van der Waals surface area contributed by atoms with Gasteiger partial charge in [-0.15, -0.1) is 0 Å². The van der Waals surface area contributed by atoms with Crippen molar-refractivity contribution in [1.29, 1.82) is 0 Å². The first-order valence-corrected chi connectivity index (χ1v) is 8.27. The van der Waals surface area contributed by atoms with Crippen LogP contribution in [0.4, 0.5) is 0 Å². The Morgan fingerprint density at radius 3 is 2.36 bits per heavy atom. The molecule has 4 heteroatoms. The molecule has 2 aromatic rings. The highest BCUT2D eigenvalue weighted by Crippen LogP contribution is 2.33. The minimum atomic E-state index is -0.0590. The lowest BCUT2D eigenvalue weighted by Crippen LogP contribution is -1.98. The number of hydrogen-bond donors (Lipinski definition) is 0. The number of allylic oxidation sites excluding steroid dienone is 1. The zero-order chi connectivity index (χ0) is 18.2. The molecule has 0 heterocycles. The van der Waals surface area contributed by atoms with Gasteiger partial charge in [0.1, 0.15) is 5.75 Å². The molecule has 0 amide bonds. The molecule has 0 atom stereocenters. The van der Waals surface area contributed by atoms with E-state index in [1.165, 1.54) is 0 Å².